The maximum Gasteiger partial charge on any atom is 0.266 e. The van der Waals surface area contributed by atoms with Crippen LogP contribution < -0.4 is 14.5 Å². The molecule has 12 aromatic rings. The molecule has 0 N–H and O–H groups in total. The lowest BCUT2D eigenvalue weighted by Gasteiger charge is -2.41. The first-order valence-electron chi connectivity index (χ1n) is 40.8. The molecule has 0 saturated carbocycles. The fraction of sp³-hybridized carbons (Fsp3) is 0.381. The molecule has 5 aliphatic heterocycles. The van der Waals surface area contributed by atoms with E-state index < -0.39 is 39.9 Å². The van der Waals surface area contributed by atoms with Gasteiger partial charge in [-0.1, -0.05) is 246 Å². The zero-order valence-electron chi connectivity index (χ0n) is 65.8. The summed E-state index contributed by atoms with van der Waals surface area (Å²) in [5, 5.41) is 11.8. The lowest BCUT2D eigenvalue weighted by atomic mass is 9.71. The highest BCUT2D eigenvalue weighted by atomic mass is 16.5. The second kappa shape index (κ2) is 27.0. The van der Waals surface area contributed by atoms with Gasteiger partial charge in [0.05, 0.1) is 11.4 Å². The summed E-state index contributed by atoms with van der Waals surface area (Å²) in [6.07, 6.45) is 19.9. The topological polar surface area (TPSA) is 159 Å². The zero-order chi connectivity index (χ0) is 77.0. The van der Waals surface area contributed by atoms with Gasteiger partial charge in [-0.15, -0.1) is 0 Å². The van der Waals surface area contributed by atoms with Crippen LogP contribution in [0.5, 0.6) is 11.5 Å². The SMILES string of the molecule is CCCCCCC(CCCCCC)N1C(=O)c2ccc3c4ccc5c6c(ccc(c7ccc(c2c37)C1=O)c64)C(=O)N(c1cc(C(C)(C)C)cc2c1Oc1c(N3C(=O)c4ccc6c7ccc8c9c(ccc(c%10ccc(c4c6%10)C3=O)c97)C(=O)N(C(CCCCCC)CCCCCC)C8=O)cc(C(C)(C)C)cc1C2(C)C)C5=O. The van der Waals surface area contributed by atoms with Crippen molar-refractivity contribution in [3.63, 3.8) is 0 Å². The van der Waals surface area contributed by atoms with Crippen LogP contribution in [-0.2, 0) is 16.2 Å². The van der Waals surface area contributed by atoms with E-state index in [1.54, 1.807) is 34.1 Å². The first-order chi connectivity index (χ1) is 52.8. The Morgan fingerprint density at radius 1 is 0.300 bits per heavy atom. The smallest absolute Gasteiger partial charge is 0.266 e. The molecule has 12 aromatic carbocycles. The summed E-state index contributed by atoms with van der Waals surface area (Å²) < 4.78 is 7.45. The summed E-state index contributed by atoms with van der Waals surface area (Å²) in [6, 6.07) is 37.8. The molecule has 8 amide bonds. The van der Waals surface area contributed by atoms with Gasteiger partial charge in [0.25, 0.3) is 47.3 Å². The van der Waals surface area contributed by atoms with E-state index in [9.17, 15) is 0 Å². The number of nitrogens with zero attached hydrogens (tertiary/aromatic N) is 4. The van der Waals surface area contributed by atoms with E-state index in [0.29, 0.717) is 77.2 Å². The maximum absolute atomic E-state index is 16.1. The first-order valence-corrected chi connectivity index (χ1v) is 40.8. The van der Waals surface area contributed by atoms with Crippen LogP contribution in [0.25, 0.3) is 86.2 Å². The van der Waals surface area contributed by atoms with E-state index >= 15 is 38.4 Å². The number of carbonyl (C=O) groups excluding carboxylic acids is 8. The van der Waals surface area contributed by atoms with Gasteiger partial charge in [0.1, 0.15) is 0 Å². The maximum atomic E-state index is 16.1. The second-order valence-electron chi connectivity index (χ2n) is 34.8. The van der Waals surface area contributed by atoms with Crippen LogP contribution in [0.1, 0.15) is 317 Å². The van der Waals surface area contributed by atoms with Gasteiger partial charge in [-0.2, -0.15) is 0 Å². The van der Waals surface area contributed by atoms with Gasteiger partial charge in [0.2, 0.25) is 0 Å². The zero-order valence-corrected chi connectivity index (χ0v) is 65.8. The molecular weight excluding hydrogens is 1370 g/mol. The third-order valence-electron chi connectivity index (χ3n) is 25.5. The predicted octanol–water partition coefficient (Wildman–Crippen LogP) is 24.2. The molecule has 0 radical (unpaired) electrons. The molecule has 17 rings (SSSR count). The first kappa shape index (κ1) is 72.5. The van der Waals surface area contributed by atoms with Crippen molar-refractivity contribution in [1.82, 2.24) is 9.80 Å². The normalized spacial score (nSPS) is 15.7. The Bertz CT molecular complexity index is 5370. The van der Waals surface area contributed by atoms with Crippen LogP contribution in [0.2, 0.25) is 0 Å². The van der Waals surface area contributed by atoms with Crippen molar-refractivity contribution in [3.05, 3.63) is 188 Å². The number of carbonyl (C=O) groups is 8. The Balaban J connectivity index is 0.754. The number of imide groups is 4. The number of rotatable bonds is 24. The van der Waals surface area contributed by atoms with E-state index in [0.717, 1.165) is 204 Å². The highest BCUT2D eigenvalue weighted by Gasteiger charge is 2.48. The number of hydrogen-bond donors (Lipinski definition) is 0. The average Bonchev–Trinajstić information content (AvgIpc) is 0.692. The minimum Gasteiger partial charge on any atom is -0.452 e. The Morgan fingerprint density at radius 3 is 0.745 bits per heavy atom. The molecule has 0 aromatic heterocycles. The van der Waals surface area contributed by atoms with Gasteiger partial charge >= 0.3 is 0 Å². The molecule has 5 aliphatic rings. The van der Waals surface area contributed by atoms with E-state index in [1.165, 1.54) is 9.80 Å². The average molecular weight is 1460 g/mol. The van der Waals surface area contributed by atoms with Crippen LogP contribution in [0.3, 0.4) is 0 Å². The predicted molar refractivity (Wildman–Crippen MR) is 444 cm³/mol. The van der Waals surface area contributed by atoms with Crippen LogP contribution >= 0.6 is 0 Å². The van der Waals surface area contributed by atoms with Gasteiger partial charge in [-0.05, 0) is 173 Å². The number of ether oxygens (including phenoxy) is 1. The minimum absolute atomic E-state index is 0.206. The summed E-state index contributed by atoms with van der Waals surface area (Å²) in [4.78, 5) is 130. The Kier molecular flexibility index (Phi) is 17.8. The molecule has 0 aliphatic carbocycles. The van der Waals surface area contributed by atoms with Crippen molar-refractivity contribution in [2.45, 2.75) is 240 Å². The van der Waals surface area contributed by atoms with Crippen LogP contribution in [0, 0.1) is 0 Å². The van der Waals surface area contributed by atoms with E-state index in [4.69, 9.17) is 4.74 Å². The van der Waals surface area contributed by atoms with Gasteiger partial charge in [-0.25, -0.2) is 9.80 Å². The third-order valence-corrected chi connectivity index (χ3v) is 25.5. The standard InChI is InChI=1S/C97H98N4O9/c1-13-17-21-25-29-55(30-26-22-18-14-2)98-87(102)65-41-33-57-61-37-45-69-83-70(46-38-62(79(61)83)58-34-42-66(88(98)103)81(65)77(57)58)92(107)100(91(69)106)75-51-53(95(5,6)7)49-73-85(75)110-86-74(97(73,11)12)50-54(96(8,9)10)52-76(86)101-93(108)71-47-39-63-59-35-43-67-82-68(44-36-60(78(59)82)64-40-48-72(94(101)109)84(71)80(63)64)90(105)99(89(67)104)56(31-27-23-19-15-3)32-28-24-20-16-4/h33-52,55-56H,13-32H2,1-12H3. The number of amides is 8. The molecule has 0 saturated heterocycles. The van der Waals surface area contributed by atoms with E-state index in [1.807, 2.05) is 84.9 Å². The molecule has 0 bridgehead atoms. The highest BCUT2D eigenvalue weighted by molar-refractivity contribution is 6.46. The minimum atomic E-state index is -0.950. The molecule has 5 heterocycles. The van der Waals surface area contributed by atoms with Crippen LogP contribution in [-0.4, -0.2) is 69.1 Å². The van der Waals surface area contributed by atoms with Crippen molar-refractivity contribution in [3.8, 4) is 11.5 Å². The van der Waals surface area contributed by atoms with Crippen molar-refractivity contribution in [2.24, 2.45) is 0 Å². The molecule has 110 heavy (non-hydrogen) atoms. The Morgan fingerprint density at radius 2 is 0.527 bits per heavy atom. The summed E-state index contributed by atoms with van der Waals surface area (Å²) in [5.41, 5.74) is 4.85. The molecular formula is C97H98N4O9. The molecule has 0 fully saturated rings. The van der Waals surface area contributed by atoms with Gasteiger partial charge < -0.3 is 4.74 Å². The molecule has 13 nitrogen and oxygen atoms in total. The van der Waals surface area contributed by atoms with Gasteiger partial charge in [-0.3, -0.25) is 48.2 Å². The fourth-order valence-corrected chi connectivity index (χ4v) is 19.5. The molecule has 13 heteroatoms. The monoisotopic (exact) mass is 1460 g/mol. The van der Waals surface area contributed by atoms with Crippen molar-refractivity contribution in [2.75, 3.05) is 9.80 Å². The van der Waals surface area contributed by atoms with Gasteiger partial charge in [0.15, 0.2) is 11.5 Å². The summed E-state index contributed by atoms with van der Waals surface area (Å²) in [5.74, 6) is -2.79. The number of benzene rings is 12. The fourth-order valence-electron chi connectivity index (χ4n) is 19.5. The third kappa shape index (κ3) is 10.9. The molecule has 0 atom stereocenters. The molecule has 0 unspecified atom stereocenters. The number of unbranched alkanes of at least 4 members (excludes halogenated alkanes) is 12. The number of anilines is 2. The Labute approximate surface area is 643 Å². The number of hydrogen-bond acceptors (Lipinski definition) is 9. The largest absolute Gasteiger partial charge is 0.452 e. The van der Waals surface area contributed by atoms with Crippen LogP contribution in [0.15, 0.2) is 121 Å². The van der Waals surface area contributed by atoms with Crippen molar-refractivity contribution >= 4 is 145 Å². The molecule has 560 valence electrons. The lowest BCUT2D eigenvalue weighted by molar-refractivity contribution is 0.0501. The van der Waals surface area contributed by atoms with Crippen molar-refractivity contribution in [1.29, 1.82) is 0 Å². The summed E-state index contributed by atoms with van der Waals surface area (Å²) in [6.45, 7) is 25.5. The number of fused-ring (bicyclic) bond motifs is 6. The van der Waals surface area contributed by atoms with E-state index in [2.05, 4.69) is 95.2 Å². The molecule has 0 spiro atoms. The summed E-state index contributed by atoms with van der Waals surface area (Å²) >= 11 is 0. The highest BCUT2D eigenvalue weighted by Crippen LogP contribution is 2.59. The van der Waals surface area contributed by atoms with Crippen LogP contribution in [0.4, 0.5) is 11.4 Å². The van der Waals surface area contributed by atoms with E-state index in [-0.39, 0.29) is 58.6 Å². The Hall–Kier alpha value is -10.4. The van der Waals surface area contributed by atoms with Gasteiger partial charge in [0, 0.05) is 94.7 Å². The van der Waals surface area contributed by atoms with Crippen molar-refractivity contribution < 1.29 is 43.1 Å². The second-order valence-corrected chi connectivity index (χ2v) is 34.8. The lowest BCUT2D eigenvalue weighted by Crippen LogP contribution is -2.47. The summed E-state index contributed by atoms with van der Waals surface area (Å²) in [7, 11) is 0. The quantitative estimate of drug-likeness (QED) is 0.0248.